The summed E-state index contributed by atoms with van der Waals surface area (Å²) >= 11 is 1.01. The molecule has 1 N–H and O–H groups in total. The zero-order valence-electron chi connectivity index (χ0n) is 14.5. The Morgan fingerprint density at radius 1 is 1.18 bits per heavy atom. The van der Waals surface area contributed by atoms with E-state index in [9.17, 15) is 26.4 Å². The lowest BCUT2D eigenvalue weighted by Gasteiger charge is -2.25. The number of ether oxygens (including phenoxy) is 1. The first kappa shape index (κ1) is 20.8. The predicted octanol–water partition coefficient (Wildman–Crippen LogP) is 2.72. The number of nitrogens with zero attached hydrogens (tertiary/aromatic N) is 1. The number of rotatable bonds is 5. The molecule has 11 heteroatoms. The monoisotopic (exact) mass is 434 g/mol. The molecule has 28 heavy (non-hydrogen) atoms. The van der Waals surface area contributed by atoms with Crippen LogP contribution in [0.15, 0.2) is 40.6 Å². The van der Waals surface area contributed by atoms with Gasteiger partial charge in [-0.1, -0.05) is 6.07 Å². The molecule has 1 aliphatic rings. The molecule has 0 atom stereocenters. The maximum absolute atomic E-state index is 12.8. The molecule has 1 aromatic carbocycles. The Hall–Kier alpha value is -1.95. The number of amides is 1. The van der Waals surface area contributed by atoms with E-state index in [0.717, 1.165) is 29.5 Å². The van der Waals surface area contributed by atoms with Crippen molar-refractivity contribution in [3.63, 3.8) is 0 Å². The third kappa shape index (κ3) is 4.72. The Labute approximate surface area is 164 Å². The molecule has 152 valence electrons. The number of carbonyl (C=O) groups is 1. The summed E-state index contributed by atoms with van der Waals surface area (Å²) in [5.74, 6) is -0.669. The van der Waals surface area contributed by atoms with Crippen molar-refractivity contribution in [2.75, 3.05) is 26.3 Å². The van der Waals surface area contributed by atoms with Gasteiger partial charge >= 0.3 is 6.18 Å². The number of hydrogen-bond donors (Lipinski definition) is 1. The Kier molecular flexibility index (Phi) is 6.08. The fourth-order valence-electron chi connectivity index (χ4n) is 2.61. The fourth-order valence-corrected chi connectivity index (χ4v) is 5.47. The number of alkyl halides is 3. The molecule has 0 radical (unpaired) electrons. The number of morpholine rings is 1. The lowest BCUT2D eigenvalue weighted by molar-refractivity contribution is -0.137. The minimum absolute atomic E-state index is 0.0123. The molecule has 0 spiro atoms. The molecule has 1 amide bonds. The van der Waals surface area contributed by atoms with E-state index < -0.39 is 27.7 Å². The summed E-state index contributed by atoms with van der Waals surface area (Å²) < 4.78 is 70.1. The van der Waals surface area contributed by atoms with Crippen molar-refractivity contribution in [3.05, 3.63) is 52.4 Å². The normalized spacial score (nSPS) is 16.1. The van der Waals surface area contributed by atoms with Gasteiger partial charge in [-0.15, -0.1) is 11.3 Å². The Morgan fingerprint density at radius 2 is 1.89 bits per heavy atom. The Balaban J connectivity index is 1.65. The summed E-state index contributed by atoms with van der Waals surface area (Å²) in [6, 6.07) is 7.14. The molecule has 2 heterocycles. The maximum Gasteiger partial charge on any atom is 0.416 e. The first-order valence-electron chi connectivity index (χ1n) is 8.30. The summed E-state index contributed by atoms with van der Waals surface area (Å²) in [5, 5.41) is 2.51. The number of benzene rings is 1. The molecule has 0 unspecified atom stereocenters. The SMILES string of the molecule is O=C(NCc1ccc(S(=O)(=O)N2CCOCC2)s1)c1cccc(C(F)(F)F)c1. The molecular weight excluding hydrogens is 417 g/mol. The molecular formula is C17H17F3N2O4S2. The topological polar surface area (TPSA) is 75.7 Å². The summed E-state index contributed by atoms with van der Waals surface area (Å²) in [6.45, 7) is 1.25. The number of halogens is 3. The number of carbonyl (C=O) groups excluding carboxylic acids is 1. The number of sulfonamides is 1. The average Bonchev–Trinajstić information content (AvgIpc) is 3.16. The highest BCUT2D eigenvalue weighted by molar-refractivity contribution is 7.91. The van der Waals surface area contributed by atoms with Gasteiger partial charge in [0.05, 0.1) is 25.3 Å². The lowest BCUT2D eigenvalue weighted by Crippen LogP contribution is -2.40. The smallest absolute Gasteiger partial charge is 0.379 e. The van der Waals surface area contributed by atoms with Crippen LogP contribution in [0.3, 0.4) is 0 Å². The minimum Gasteiger partial charge on any atom is -0.379 e. The van der Waals surface area contributed by atoms with Gasteiger partial charge in [0, 0.05) is 23.5 Å². The molecule has 2 aromatic rings. The van der Waals surface area contributed by atoms with Crippen molar-refractivity contribution in [1.82, 2.24) is 9.62 Å². The lowest BCUT2D eigenvalue weighted by atomic mass is 10.1. The third-order valence-corrected chi connectivity index (χ3v) is 7.53. The van der Waals surface area contributed by atoms with Crippen LogP contribution >= 0.6 is 11.3 Å². The van der Waals surface area contributed by atoms with Gasteiger partial charge in [0.15, 0.2) is 0 Å². The van der Waals surface area contributed by atoms with Gasteiger partial charge in [-0.3, -0.25) is 4.79 Å². The summed E-state index contributed by atoms with van der Waals surface area (Å²) in [7, 11) is -3.62. The van der Waals surface area contributed by atoms with Gasteiger partial charge < -0.3 is 10.1 Å². The standard InChI is InChI=1S/C17H17F3N2O4S2/c18-17(19,20)13-3-1-2-12(10-13)16(23)21-11-14-4-5-15(27-14)28(24,25)22-6-8-26-9-7-22/h1-5,10H,6-9,11H2,(H,21,23). The summed E-state index contributed by atoms with van der Waals surface area (Å²) in [6.07, 6.45) is -4.53. The molecule has 6 nitrogen and oxygen atoms in total. The van der Waals surface area contributed by atoms with E-state index in [1.165, 1.54) is 16.4 Å². The first-order valence-corrected chi connectivity index (χ1v) is 10.6. The van der Waals surface area contributed by atoms with Crippen molar-refractivity contribution >= 4 is 27.3 Å². The highest BCUT2D eigenvalue weighted by Gasteiger charge is 2.31. The van der Waals surface area contributed by atoms with Crippen LogP contribution in [0.2, 0.25) is 0 Å². The van der Waals surface area contributed by atoms with Gasteiger partial charge in [-0.05, 0) is 30.3 Å². The second-order valence-corrected chi connectivity index (χ2v) is 9.33. The highest BCUT2D eigenvalue weighted by Crippen LogP contribution is 2.29. The highest BCUT2D eigenvalue weighted by atomic mass is 32.2. The predicted molar refractivity (Wildman–Crippen MR) is 96.5 cm³/mol. The zero-order valence-corrected chi connectivity index (χ0v) is 16.2. The van der Waals surface area contributed by atoms with Crippen molar-refractivity contribution in [2.45, 2.75) is 16.9 Å². The zero-order chi connectivity index (χ0) is 20.4. The third-order valence-electron chi connectivity index (χ3n) is 4.08. The van der Waals surface area contributed by atoms with Crippen LogP contribution in [0.25, 0.3) is 0 Å². The van der Waals surface area contributed by atoms with Crippen LogP contribution in [0.5, 0.6) is 0 Å². The van der Waals surface area contributed by atoms with Crippen molar-refractivity contribution in [2.24, 2.45) is 0 Å². The van der Waals surface area contributed by atoms with E-state index in [4.69, 9.17) is 4.74 Å². The molecule has 0 bridgehead atoms. The van der Waals surface area contributed by atoms with E-state index >= 15 is 0 Å². The fraction of sp³-hybridized carbons (Fsp3) is 0.353. The quantitative estimate of drug-likeness (QED) is 0.785. The average molecular weight is 434 g/mol. The minimum atomic E-state index is -4.53. The second kappa shape index (κ2) is 8.19. The largest absolute Gasteiger partial charge is 0.416 e. The van der Waals surface area contributed by atoms with Crippen molar-refractivity contribution < 1.29 is 31.1 Å². The van der Waals surface area contributed by atoms with E-state index in [2.05, 4.69) is 5.32 Å². The first-order chi connectivity index (χ1) is 13.2. The van der Waals surface area contributed by atoms with Gasteiger partial charge in [0.1, 0.15) is 4.21 Å². The molecule has 0 aliphatic carbocycles. The van der Waals surface area contributed by atoms with Crippen LogP contribution in [0, 0.1) is 0 Å². The van der Waals surface area contributed by atoms with Gasteiger partial charge in [0.2, 0.25) is 0 Å². The molecule has 0 saturated carbocycles. The second-order valence-electron chi connectivity index (χ2n) is 6.00. The number of nitrogens with one attached hydrogen (secondary N) is 1. The maximum atomic E-state index is 12.8. The summed E-state index contributed by atoms with van der Waals surface area (Å²) in [5.41, 5.74) is -1.03. The number of thiophene rings is 1. The molecule has 3 rings (SSSR count). The van der Waals surface area contributed by atoms with Crippen LogP contribution in [-0.4, -0.2) is 44.9 Å². The van der Waals surface area contributed by atoms with E-state index in [-0.39, 0.29) is 29.4 Å². The van der Waals surface area contributed by atoms with E-state index in [0.29, 0.717) is 18.1 Å². The van der Waals surface area contributed by atoms with Crippen LogP contribution < -0.4 is 5.32 Å². The van der Waals surface area contributed by atoms with Crippen LogP contribution in [0.1, 0.15) is 20.8 Å². The van der Waals surface area contributed by atoms with Crippen LogP contribution in [-0.2, 0) is 27.5 Å². The molecule has 1 aromatic heterocycles. The van der Waals surface area contributed by atoms with Crippen molar-refractivity contribution in [3.8, 4) is 0 Å². The van der Waals surface area contributed by atoms with Crippen molar-refractivity contribution in [1.29, 1.82) is 0 Å². The molecule has 1 saturated heterocycles. The van der Waals surface area contributed by atoms with E-state index in [1.54, 1.807) is 6.07 Å². The molecule has 1 fully saturated rings. The Bertz CT molecular complexity index is 951. The van der Waals surface area contributed by atoms with Crippen LogP contribution in [0.4, 0.5) is 13.2 Å². The van der Waals surface area contributed by atoms with Gasteiger partial charge in [-0.25, -0.2) is 8.42 Å². The Morgan fingerprint density at radius 3 is 2.57 bits per heavy atom. The van der Waals surface area contributed by atoms with Gasteiger partial charge in [-0.2, -0.15) is 17.5 Å². The molecule has 1 aliphatic heterocycles. The van der Waals surface area contributed by atoms with Gasteiger partial charge in [0.25, 0.3) is 15.9 Å². The van der Waals surface area contributed by atoms with E-state index in [1.807, 2.05) is 0 Å². The number of hydrogen-bond acceptors (Lipinski definition) is 5. The summed E-state index contributed by atoms with van der Waals surface area (Å²) in [4.78, 5) is 12.7.